The van der Waals surface area contributed by atoms with Gasteiger partial charge in [-0.1, -0.05) is 19.1 Å². The summed E-state index contributed by atoms with van der Waals surface area (Å²) in [6.45, 7) is 4.01. The second-order valence-corrected chi connectivity index (χ2v) is 3.50. The van der Waals surface area contributed by atoms with E-state index in [1.807, 2.05) is 32.0 Å². The van der Waals surface area contributed by atoms with Gasteiger partial charge < -0.3 is 5.73 Å². The molecule has 0 spiro atoms. The highest BCUT2D eigenvalue weighted by Crippen LogP contribution is 2.25. The molecule has 3 N–H and O–H groups in total. The summed E-state index contributed by atoms with van der Waals surface area (Å²) < 4.78 is 0. The molecule has 4 heteroatoms. The van der Waals surface area contributed by atoms with Gasteiger partial charge in [0.05, 0.1) is 0 Å². The lowest BCUT2D eigenvalue weighted by molar-refractivity contribution is 0.946. The van der Waals surface area contributed by atoms with Crippen molar-refractivity contribution in [1.82, 2.24) is 15.2 Å². The number of nitrogen functional groups attached to an aromatic ring is 1. The standard InChI is InChI=1S/C11H14N4/c1-3-9-13-11(15-14-9)8-6-4-5-7(2)10(8)12/h4-6H,3,12H2,1-2H3,(H,13,14,15). The summed E-state index contributed by atoms with van der Waals surface area (Å²) in [5.41, 5.74) is 8.67. The molecule has 4 nitrogen and oxygen atoms in total. The second kappa shape index (κ2) is 3.73. The normalized spacial score (nSPS) is 10.5. The van der Waals surface area contributed by atoms with Gasteiger partial charge in [0, 0.05) is 17.7 Å². The monoisotopic (exact) mass is 202 g/mol. The number of aromatic nitrogens is 3. The number of anilines is 1. The van der Waals surface area contributed by atoms with Crippen molar-refractivity contribution < 1.29 is 0 Å². The number of nitrogens with one attached hydrogen (secondary N) is 1. The van der Waals surface area contributed by atoms with Gasteiger partial charge in [-0.25, -0.2) is 4.98 Å². The Morgan fingerprint density at radius 2 is 2.20 bits per heavy atom. The molecule has 0 aliphatic heterocycles. The number of nitrogens with zero attached hydrogens (tertiary/aromatic N) is 2. The topological polar surface area (TPSA) is 67.6 Å². The number of rotatable bonds is 2. The molecule has 0 aliphatic carbocycles. The van der Waals surface area contributed by atoms with E-state index < -0.39 is 0 Å². The molecule has 0 fully saturated rings. The Balaban J connectivity index is 2.49. The quantitative estimate of drug-likeness (QED) is 0.731. The third-order valence-electron chi connectivity index (χ3n) is 2.43. The molecule has 15 heavy (non-hydrogen) atoms. The first-order valence-corrected chi connectivity index (χ1v) is 4.99. The van der Waals surface area contributed by atoms with Crippen LogP contribution in [0.3, 0.4) is 0 Å². The van der Waals surface area contributed by atoms with Crippen LogP contribution in [-0.2, 0) is 6.42 Å². The molecule has 0 amide bonds. The average Bonchev–Trinajstić information content (AvgIpc) is 2.70. The van der Waals surface area contributed by atoms with Gasteiger partial charge in [-0.2, -0.15) is 5.10 Å². The Morgan fingerprint density at radius 1 is 1.40 bits per heavy atom. The van der Waals surface area contributed by atoms with Gasteiger partial charge in [0.2, 0.25) is 0 Å². The Hall–Kier alpha value is -1.84. The van der Waals surface area contributed by atoms with Crippen LogP contribution in [0.15, 0.2) is 18.2 Å². The summed E-state index contributed by atoms with van der Waals surface area (Å²) in [5, 5.41) is 7.03. The first kappa shape index (κ1) is 9.71. The summed E-state index contributed by atoms with van der Waals surface area (Å²) in [7, 11) is 0. The van der Waals surface area contributed by atoms with Crippen LogP contribution in [0.1, 0.15) is 18.3 Å². The minimum absolute atomic E-state index is 0.674. The molecule has 1 aromatic carbocycles. The van der Waals surface area contributed by atoms with Crippen LogP contribution in [0.2, 0.25) is 0 Å². The highest BCUT2D eigenvalue weighted by atomic mass is 15.2. The molecule has 0 radical (unpaired) electrons. The highest BCUT2D eigenvalue weighted by Gasteiger charge is 2.09. The van der Waals surface area contributed by atoms with Crippen molar-refractivity contribution in [3.8, 4) is 11.4 Å². The maximum atomic E-state index is 5.97. The highest BCUT2D eigenvalue weighted by molar-refractivity contribution is 5.73. The fourth-order valence-electron chi connectivity index (χ4n) is 1.45. The van der Waals surface area contributed by atoms with Crippen molar-refractivity contribution in [3.05, 3.63) is 29.6 Å². The molecule has 0 saturated carbocycles. The minimum Gasteiger partial charge on any atom is -0.398 e. The lowest BCUT2D eigenvalue weighted by Gasteiger charge is -2.03. The number of nitrogens with two attached hydrogens (primary N) is 1. The van der Waals surface area contributed by atoms with Crippen LogP contribution in [-0.4, -0.2) is 15.2 Å². The fraction of sp³-hybridized carbons (Fsp3) is 0.273. The number of para-hydroxylation sites is 1. The first-order valence-electron chi connectivity index (χ1n) is 4.99. The van der Waals surface area contributed by atoms with Gasteiger partial charge in [0.25, 0.3) is 0 Å². The second-order valence-electron chi connectivity index (χ2n) is 3.50. The maximum Gasteiger partial charge on any atom is 0.183 e. The molecule has 2 aromatic rings. The van der Waals surface area contributed by atoms with Gasteiger partial charge in [0.15, 0.2) is 5.82 Å². The predicted molar refractivity (Wildman–Crippen MR) is 60.3 cm³/mol. The van der Waals surface area contributed by atoms with E-state index in [4.69, 9.17) is 5.73 Å². The van der Waals surface area contributed by atoms with Crippen LogP contribution in [0.25, 0.3) is 11.4 Å². The molecule has 1 heterocycles. The molecular weight excluding hydrogens is 188 g/mol. The van der Waals surface area contributed by atoms with Crippen LogP contribution in [0.4, 0.5) is 5.69 Å². The zero-order valence-electron chi connectivity index (χ0n) is 8.91. The van der Waals surface area contributed by atoms with E-state index in [0.717, 1.165) is 29.1 Å². The third-order valence-corrected chi connectivity index (χ3v) is 2.43. The Bertz CT molecular complexity index is 473. The predicted octanol–water partition coefficient (Wildman–Crippen LogP) is 1.92. The van der Waals surface area contributed by atoms with E-state index in [1.54, 1.807) is 0 Å². The van der Waals surface area contributed by atoms with E-state index in [0.29, 0.717) is 5.82 Å². The smallest absolute Gasteiger partial charge is 0.183 e. The fourth-order valence-corrected chi connectivity index (χ4v) is 1.45. The number of aromatic amines is 1. The number of benzene rings is 1. The van der Waals surface area contributed by atoms with E-state index in [1.165, 1.54) is 0 Å². The molecule has 78 valence electrons. The van der Waals surface area contributed by atoms with E-state index in [-0.39, 0.29) is 0 Å². The van der Waals surface area contributed by atoms with Gasteiger partial charge in [-0.15, -0.1) is 0 Å². The Morgan fingerprint density at radius 3 is 2.87 bits per heavy atom. The van der Waals surface area contributed by atoms with Crippen LogP contribution in [0, 0.1) is 6.92 Å². The van der Waals surface area contributed by atoms with Gasteiger partial charge >= 0.3 is 0 Å². The van der Waals surface area contributed by atoms with E-state index >= 15 is 0 Å². The minimum atomic E-state index is 0.674. The number of hydrogen-bond donors (Lipinski definition) is 2. The van der Waals surface area contributed by atoms with Gasteiger partial charge in [-0.05, 0) is 18.6 Å². The zero-order valence-corrected chi connectivity index (χ0v) is 8.91. The molecule has 0 atom stereocenters. The lowest BCUT2D eigenvalue weighted by Crippen LogP contribution is -1.94. The molecule has 0 aliphatic rings. The van der Waals surface area contributed by atoms with E-state index in [9.17, 15) is 0 Å². The van der Waals surface area contributed by atoms with Gasteiger partial charge in [-0.3, -0.25) is 5.10 Å². The number of hydrogen-bond acceptors (Lipinski definition) is 3. The Labute approximate surface area is 88.5 Å². The summed E-state index contributed by atoms with van der Waals surface area (Å²) in [4.78, 5) is 4.35. The van der Waals surface area contributed by atoms with Crippen LogP contribution < -0.4 is 5.73 Å². The van der Waals surface area contributed by atoms with Crippen molar-refractivity contribution in [1.29, 1.82) is 0 Å². The summed E-state index contributed by atoms with van der Waals surface area (Å²) in [6, 6.07) is 5.88. The van der Waals surface area contributed by atoms with Crippen molar-refractivity contribution in [2.24, 2.45) is 0 Å². The maximum absolute atomic E-state index is 5.97. The summed E-state index contributed by atoms with van der Waals surface area (Å²) in [6.07, 6.45) is 0.846. The first-order chi connectivity index (χ1) is 7.22. The van der Waals surface area contributed by atoms with Crippen molar-refractivity contribution >= 4 is 5.69 Å². The van der Waals surface area contributed by atoms with Crippen molar-refractivity contribution in [2.45, 2.75) is 20.3 Å². The number of aryl methyl sites for hydroxylation is 2. The summed E-state index contributed by atoms with van der Waals surface area (Å²) in [5.74, 6) is 1.55. The van der Waals surface area contributed by atoms with Crippen LogP contribution >= 0.6 is 0 Å². The zero-order chi connectivity index (χ0) is 10.8. The third kappa shape index (κ3) is 1.70. The largest absolute Gasteiger partial charge is 0.398 e. The molecule has 0 saturated heterocycles. The van der Waals surface area contributed by atoms with E-state index in [2.05, 4.69) is 15.2 Å². The average molecular weight is 202 g/mol. The van der Waals surface area contributed by atoms with Gasteiger partial charge in [0.1, 0.15) is 5.82 Å². The lowest BCUT2D eigenvalue weighted by atomic mass is 10.1. The van der Waals surface area contributed by atoms with Crippen molar-refractivity contribution in [3.63, 3.8) is 0 Å². The molecule has 0 unspecified atom stereocenters. The SMILES string of the molecule is CCc1nc(-c2cccc(C)c2N)n[nH]1. The summed E-state index contributed by atoms with van der Waals surface area (Å²) >= 11 is 0. The molecular formula is C11H14N4. The number of H-pyrrole nitrogens is 1. The molecule has 1 aromatic heterocycles. The Kier molecular flexibility index (Phi) is 2.41. The molecule has 2 rings (SSSR count). The van der Waals surface area contributed by atoms with Crippen molar-refractivity contribution in [2.75, 3.05) is 5.73 Å². The molecule has 0 bridgehead atoms. The van der Waals surface area contributed by atoms with Crippen LogP contribution in [0.5, 0.6) is 0 Å².